The molecule has 1 aliphatic rings. The summed E-state index contributed by atoms with van der Waals surface area (Å²) in [5.74, 6) is 0.386. The predicted octanol–water partition coefficient (Wildman–Crippen LogP) is 2.37. The molecule has 0 spiro atoms. The number of hydrogen-bond acceptors (Lipinski definition) is 7. The van der Waals surface area contributed by atoms with Crippen LogP contribution in [-0.2, 0) is 17.6 Å². The number of carbonyl (C=O) groups excluding carboxylic acids is 1. The number of nitrogens with one attached hydrogen (secondary N) is 1. The van der Waals surface area contributed by atoms with Gasteiger partial charge in [-0.1, -0.05) is 12.1 Å². The first-order chi connectivity index (χ1) is 12.1. The molecular weight excluding hydrogens is 326 g/mol. The van der Waals surface area contributed by atoms with E-state index < -0.39 is 10.9 Å². The van der Waals surface area contributed by atoms with E-state index in [0.29, 0.717) is 19.6 Å². The van der Waals surface area contributed by atoms with Gasteiger partial charge in [-0.2, -0.15) is 0 Å². The van der Waals surface area contributed by atoms with Gasteiger partial charge in [0.2, 0.25) is 5.82 Å². The normalized spacial score (nSPS) is 12.2. The summed E-state index contributed by atoms with van der Waals surface area (Å²) in [5, 5.41) is 14.2. The standard InChI is InChI=1S/C17H17N3O5/c1-24-17(21)13-9-14(20(22)23)16(19-10-13)18-6-4-11-2-3-15-12(8-11)5-7-25-15/h2-3,8-10H,4-7H2,1H3,(H,18,19). The van der Waals surface area contributed by atoms with Gasteiger partial charge in [0.1, 0.15) is 5.75 Å². The lowest BCUT2D eigenvalue weighted by molar-refractivity contribution is -0.384. The van der Waals surface area contributed by atoms with Gasteiger partial charge in [-0.3, -0.25) is 10.1 Å². The number of rotatable bonds is 6. The van der Waals surface area contributed by atoms with Crippen LogP contribution in [0.2, 0.25) is 0 Å². The number of ether oxygens (including phenoxy) is 2. The van der Waals surface area contributed by atoms with Crippen LogP contribution in [0.25, 0.3) is 0 Å². The van der Waals surface area contributed by atoms with Gasteiger partial charge in [-0.15, -0.1) is 0 Å². The average Bonchev–Trinajstić information content (AvgIpc) is 3.09. The van der Waals surface area contributed by atoms with Crippen LogP contribution in [0.3, 0.4) is 0 Å². The number of fused-ring (bicyclic) bond motifs is 1. The van der Waals surface area contributed by atoms with Gasteiger partial charge in [0.15, 0.2) is 0 Å². The molecule has 2 aromatic rings. The van der Waals surface area contributed by atoms with Crippen molar-refractivity contribution in [2.24, 2.45) is 0 Å². The monoisotopic (exact) mass is 343 g/mol. The molecule has 0 fully saturated rings. The first-order valence-electron chi connectivity index (χ1n) is 7.79. The molecule has 1 N–H and O–H groups in total. The fraction of sp³-hybridized carbons (Fsp3) is 0.294. The number of carbonyl (C=O) groups is 1. The molecule has 8 nitrogen and oxygen atoms in total. The van der Waals surface area contributed by atoms with E-state index in [0.717, 1.165) is 23.8 Å². The molecule has 3 rings (SSSR count). The van der Waals surface area contributed by atoms with Gasteiger partial charge in [0.05, 0.1) is 24.2 Å². The quantitative estimate of drug-likeness (QED) is 0.488. The summed E-state index contributed by atoms with van der Waals surface area (Å²) in [6.45, 7) is 1.19. The number of anilines is 1. The molecular formula is C17H17N3O5. The van der Waals surface area contributed by atoms with Crippen LogP contribution in [0.1, 0.15) is 21.5 Å². The Morgan fingerprint density at radius 3 is 3.04 bits per heavy atom. The summed E-state index contributed by atoms with van der Waals surface area (Å²) in [4.78, 5) is 26.1. The summed E-state index contributed by atoms with van der Waals surface area (Å²) < 4.78 is 10.0. The van der Waals surface area contributed by atoms with Crippen molar-refractivity contribution >= 4 is 17.5 Å². The predicted molar refractivity (Wildman–Crippen MR) is 90.1 cm³/mol. The first kappa shape index (κ1) is 16.7. The Bertz CT molecular complexity index is 822. The van der Waals surface area contributed by atoms with Gasteiger partial charge in [-0.25, -0.2) is 9.78 Å². The van der Waals surface area contributed by atoms with Crippen molar-refractivity contribution in [3.8, 4) is 5.75 Å². The number of pyridine rings is 1. The lowest BCUT2D eigenvalue weighted by Crippen LogP contribution is -2.10. The molecule has 0 amide bonds. The minimum absolute atomic E-state index is 0.0402. The number of nitro groups is 1. The third-order valence-corrected chi connectivity index (χ3v) is 3.95. The van der Waals surface area contributed by atoms with E-state index in [1.54, 1.807) is 0 Å². The van der Waals surface area contributed by atoms with Crippen LogP contribution < -0.4 is 10.1 Å². The summed E-state index contributed by atoms with van der Waals surface area (Å²) >= 11 is 0. The van der Waals surface area contributed by atoms with Crippen molar-refractivity contribution in [3.63, 3.8) is 0 Å². The fourth-order valence-corrected chi connectivity index (χ4v) is 2.68. The van der Waals surface area contributed by atoms with E-state index >= 15 is 0 Å². The van der Waals surface area contributed by atoms with Crippen molar-refractivity contribution in [2.45, 2.75) is 12.8 Å². The van der Waals surface area contributed by atoms with Crippen LogP contribution in [0, 0.1) is 10.1 Å². The number of hydrogen-bond donors (Lipinski definition) is 1. The number of benzene rings is 1. The Labute approximate surface area is 143 Å². The van der Waals surface area contributed by atoms with Gasteiger partial charge in [-0.05, 0) is 23.6 Å². The second-order valence-electron chi connectivity index (χ2n) is 5.56. The maximum atomic E-state index is 11.5. The van der Waals surface area contributed by atoms with Crippen molar-refractivity contribution in [1.29, 1.82) is 0 Å². The molecule has 0 unspecified atom stereocenters. The van der Waals surface area contributed by atoms with E-state index in [2.05, 4.69) is 21.1 Å². The van der Waals surface area contributed by atoms with E-state index in [9.17, 15) is 14.9 Å². The topological polar surface area (TPSA) is 104 Å². The summed E-state index contributed by atoms with van der Waals surface area (Å²) in [6, 6.07) is 7.18. The van der Waals surface area contributed by atoms with Crippen LogP contribution in [-0.4, -0.2) is 36.1 Å². The lowest BCUT2D eigenvalue weighted by atomic mass is 10.1. The Morgan fingerprint density at radius 1 is 1.44 bits per heavy atom. The third kappa shape index (κ3) is 3.68. The molecule has 0 bridgehead atoms. The van der Waals surface area contributed by atoms with E-state index in [1.165, 1.54) is 18.9 Å². The van der Waals surface area contributed by atoms with Gasteiger partial charge in [0, 0.05) is 25.2 Å². The smallest absolute Gasteiger partial charge is 0.339 e. The highest BCUT2D eigenvalue weighted by Gasteiger charge is 2.19. The maximum absolute atomic E-state index is 11.5. The van der Waals surface area contributed by atoms with Gasteiger partial charge < -0.3 is 14.8 Å². The summed E-state index contributed by atoms with van der Waals surface area (Å²) in [7, 11) is 1.21. The highest BCUT2D eigenvalue weighted by Crippen LogP contribution is 2.26. The Kier molecular flexibility index (Phi) is 4.78. The van der Waals surface area contributed by atoms with Crippen LogP contribution in [0.4, 0.5) is 11.5 Å². The van der Waals surface area contributed by atoms with Crippen molar-refractivity contribution < 1.29 is 19.2 Å². The molecule has 1 aromatic carbocycles. The van der Waals surface area contributed by atoms with Crippen molar-refractivity contribution in [3.05, 3.63) is 57.3 Å². The van der Waals surface area contributed by atoms with E-state index in [1.807, 2.05) is 12.1 Å². The average molecular weight is 343 g/mol. The minimum atomic E-state index is -0.664. The molecule has 0 radical (unpaired) electrons. The van der Waals surface area contributed by atoms with E-state index in [4.69, 9.17) is 4.74 Å². The van der Waals surface area contributed by atoms with E-state index in [-0.39, 0.29) is 17.1 Å². The molecule has 2 heterocycles. The summed E-state index contributed by atoms with van der Waals surface area (Å²) in [5.41, 5.74) is 2.08. The minimum Gasteiger partial charge on any atom is -0.493 e. The van der Waals surface area contributed by atoms with Crippen LogP contribution in [0.5, 0.6) is 5.75 Å². The second kappa shape index (κ2) is 7.16. The highest BCUT2D eigenvalue weighted by atomic mass is 16.6. The zero-order chi connectivity index (χ0) is 17.8. The fourth-order valence-electron chi connectivity index (χ4n) is 2.68. The zero-order valence-electron chi connectivity index (χ0n) is 13.7. The number of methoxy groups -OCH3 is 1. The van der Waals surface area contributed by atoms with Crippen molar-refractivity contribution in [1.82, 2.24) is 4.98 Å². The van der Waals surface area contributed by atoms with Crippen molar-refractivity contribution in [2.75, 3.05) is 25.6 Å². The van der Waals surface area contributed by atoms with Gasteiger partial charge in [0.25, 0.3) is 0 Å². The second-order valence-corrected chi connectivity index (χ2v) is 5.56. The largest absolute Gasteiger partial charge is 0.493 e. The SMILES string of the molecule is COC(=O)c1cnc(NCCc2ccc3c(c2)CCO3)c([N+](=O)[O-])c1. The summed E-state index contributed by atoms with van der Waals surface area (Å²) in [6.07, 6.45) is 2.84. The molecule has 1 aromatic heterocycles. The first-order valence-corrected chi connectivity index (χ1v) is 7.79. The third-order valence-electron chi connectivity index (χ3n) is 3.95. The number of aromatic nitrogens is 1. The molecule has 0 saturated carbocycles. The van der Waals surface area contributed by atoms with Crippen LogP contribution >= 0.6 is 0 Å². The Balaban J connectivity index is 1.68. The lowest BCUT2D eigenvalue weighted by Gasteiger charge is -2.08. The molecule has 25 heavy (non-hydrogen) atoms. The molecule has 1 aliphatic heterocycles. The molecule has 130 valence electrons. The Morgan fingerprint density at radius 2 is 2.28 bits per heavy atom. The number of nitrogens with zero attached hydrogens (tertiary/aromatic N) is 2. The zero-order valence-corrected chi connectivity index (χ0v) is 13.7. The number of esters is 1. The molecule has 0 saturated heterocycles. The van der Waals surface area contributed by atoms with Gasteiger partial charge >= 0.3 is 11.7 Å². The van der Waals surface area contributed by atoms with Crippen LogP contribution in [0.15, 0.2) is 30.5 Å². The maximum Gasteiger partial charge on any atom is 0.339 e. The molecule has 0 aliphatic carbocycles. The Hall–Kier alpha value is -3.16. The molecule has 8 heteroatoms. The highest BCUT2D eigenvalue weighted by molar-refractivity contribution is 5.90. The molecule has 0 atom stereocenters.